The summed E-state index contributed by atoms with van der Waals surface area (Å²) in [4.78, 5) is 17.0. The van der Waals surface area contributed by atoms with Crippen LogP contribution >= 0.6 is 0 Å². The van der Waals surface area contributed by atoms with E-state index in [2.05, 4.69) is 15.7 Å². The number of sulfonamides is 1. The zero-order valence-corrected chi connectivity index (χ0v) is 25.6. The van der Waals surface area contributed by atoms with E-state index in [0.29, 0.717) is 30.1 Å². The molecular weight excluding hydrogens is 542 g/mol. The van der Waals surface area contributed by atoms with Crippen LogP contribution in [0, 0.1) is 0 Å². The van der Waals surface area contributed by atoms with Crippen molar-refractivity contribution in [1.82, 2.24) is 9.80 Å². The molecule has 0 radical (unpaired) electrons. The van der Waals surface area contributed by atoms with Crippen LogP contribution < -0.4 is 9.46 Å². The number of nitrogens with one attached hydrogen (secondary N) is 1. The first-order valence-corrected chi connectivity index (χ1v) is 16.2. The van der Waals surface area contributed by atoms with Gasteiger partial charge >= 0.3 is 0 Å². The van der Waals surface area contributed by atoms with Crippen molar-refractivity contribution >= 4 is 27.2 Å². The van der Waals surface area contributed by atoms with E-state index in [0.717, 1.165) is 48.9 Å². The van der Waals surface area contributed by atoms with Crippen LogP contribution in [0.2, 0.25) is 0 Å². The van der Waals surface area contributed by atoms with Gasteiger partial charge in [-0.1, -0.05) is 12.1 Å². The minimum atomic E-state index is -3.45. The molecular formula is C31H41N3O6S. The third-order valence-corrected chi connectivity index (χ3v) is 8.30. The van der Waals surface area contributed by atoms with Gasteiger partial charge in [-0.15, -0.1) is 0 Å². The van der Waals surface area contributed by atoms with Crippen molar-refractivity contribution in [3.63, 3.8) is 0 Å². The minimum absolute atomic E-state index is 0.00225. The molecule has 2 aromatic rings. The van der Waals surface area contributed by atoms with E-state index in [4.69, 9.17) is 14.2 Å². The van der Waals surface area contributed by atoms with E-state index in [1.165, 1.54) is 0 Å². The molecule has 2 atom stereocenters. The number of carbonyl (C=O) groups excluding carboxylic acids is 1. The molecule has 5 rings (SSSR count). The zero-order chi connectivity index (χ0) is 29.6. The third kappa shape index (κ3) is 6.77. The first kappa shape index (κ1) is 29.6. The third-order valence-electron chi connectivity index (χ3n) is 7.69. The fourth-order valence-electron chi connectivity index (χ4n) is 5.61. The van der Waals surface area contributed by atoms with Gasteiger partial charge in [0.1, 0.15) is 11.4 Å². The summed E-state index contributed by atoms with van der Waals surface area (Å²) < 4.78 is 44.9. The van der Waals surface area contributed by atoms with Gasteiger partial charge in [0, 0.05) is 55.8 Å². The second kappa shape index (κ2) is 11.1. The van der Waals surface area contributed by atoms with Crippen molar-refractivity contribution in [3.05, 3.63) is 65.2 Å². The van der Waals surface area contributed by atoms with Crippen LogP contribution in [0.4, 0.5) is 5.69 Å². The predicted molar refractivity (Wildman–Crippen MR) is 159 cm³/mol. The van der Waals surface area contributed by atoms with Gasteiger partial charge in [-0.2, -0.15) is 0 Å². The van der Waals surface area contributed by atoms with Gasteiger partial charge in [0.25, 0.3) is 5.91 Å². The number of epoxide rings is 1. The summed E-state index contributed by atoms with van der Waals surface area (Å²) in [5.41, 5.74) is 3.02. The van der Waals surface area contributed by atoms with Crippen molar-refractivity contribution in [2.45, 2.75) is 71.2 Å². The van der Waals surface area contributed by atoms with E-state index >= 15 is 0 Å². The smallest absolute Gasteiger partial charge is 0.253 e. The largest absolute Gasteiger partial charge is 0.482 e. The monoisotopic (exact) mass is 583 g/mol. The quantitative estimate of drug-likeness (QED) is 0.450. The fourth-order valence-corrected chi connectivity index (χ4v) is 6.16. The lowest BCUT2D eigenvalue weighted by atomic mass is 9.82. The second-order valence-corrected chi connectivity index (χ2v) is 13.8. The van der Waals surface area contributed by atoms with E-state index in [-0.39, 0.29) is 24.0 Å². The Morgan fingerprint density at radius 1 is 1.10 bits per heavy atom. The lowest BCUT2D eigenvalue weighted by Crippen LogP contribution is -2.49. The van der Waals surface area contributed by atoms with Gasteiger partial charge in [0.15, 0.2) is 12.5 Å². The molecule has 2 saturated heterocycles. The standard InChI is InChI=1S/C31H41N3O6S/c1-7-33(8-2)27(35)22-11-9-21(10-12-22)25-20-31(39-26-14-13-23(19-24(25)26)32-41(6,36)37)15-17-34(18-16-31)28-29(38-28)40-30(3,4)5/h9-14,19-20,28-29,32H,7-8,15-18H2,1-6H3. The Labute approximate surface area is 243 Å². The molecule has 0 saturated carbocycles. The summed E-state index contributed by atoms with van der Waals surface area (Å²) in [6.45, 7) is 12.9. The molecule has 9 nitrogen and oxygen atoms in total. The van der Waals surface area contributed by atoms with Gasteiger partial charge < -0.3 is 19.1 Å². The molecule has 3 aliphatic heterocycles. The average molecular weight is 584 g/mol. The van der Waals surface area contributed by atoms with Crippen LogP contribution in [-0.4, -0.2) is 80.3 Å². The average Bonchev–Trinajstić information content (AvgIpc) is 3.66. The maximum Gasteiger partial charge on any atom is 0.253 e. The second-order valence-electron chi connectivity index (χ2n) is 12.0. The Kier molecular flexibility index (Phi) is 7.97. The first-order chi connectivity index (χ1) is 19.3. The summed E-state index contributed by atoms with van der Waals surface area (Å²) >= 11 is 0. The lowest BCUT2D eigenvalue weighted by molar-refractivity contribution is -0.0583. The highest BCUT2D eigenvalue weighted by Gasteiger charge is 2.50. The van der Waals surface area contributed by atoms with Gasteiger partial charge in [-0.3, -0.25) is 14.4 Å². The zero-order valence-electron chi connectivity index (χ0n) is 24.8. The number of likely N-dealkylation sites (tertiary alicyclic amines) is 1. The number of benzene rings is 2. The van der Waals surface area contributed by atoms with Gasteiger partial charge in [0.05, 0.1) is 11.9 Å². The van der Waals surface area contributed by atoms with E-state index in [1.807, 2.05) is 71.0 Å². The Morgan fingerprint density at radius 3 is 2.34 bits per heavy atom. The maximum absolute atomic E-state index is 12.9. The molecule has 2 unspecified atom stereocenters. The molecule has 10 heteroatoms. The SMILES string of the molecule is CCN(CC)C(=O)c1ccc(C2=CC3(CCN(C4OC4OC(C)(C)C)CC3)Oc3ccc(NS(C)(=O)=O)cc32)cc1. The number of carbonyl (C=O) groups is 1. The summed E-state index contributed by atoms with van der Waals surface area (Å²) in [6.07, 6.45) is 4.59. The molecule has 2 fully saturated rings. The van der Waals surface area contributed by atoms with E-state index in [9.17, 15) is 13.2 Å². The van der Waals surface area contributed by atoms with Crippen LogP contribution in [0.5, 0.6) is 5.75 Å². The molecule has 0 aliphatic carbocycles. The normalized spacial score (nSPS) is 22.0. The molecule has 1 N–H and O–H groups in total. The molecule has 1 amide bonds. The Morgan fingerprint density at radius 2 is 1.76 bits per heavy atom. The van der Waals surface area contributed by atoms with Crippen molar-refractivity contribution in [3.8, 4) is 5.75 Å². The molecule has 41 heavy (non-hydrogen) atoms. The number of fused-ring (bicyclic) bond motifs is 1. The Balaban J connectivity index is 1.43. The molecule has 1 spiro atoms. The highest BCUT2D eigenvalue weighted by atomic mass is 32.2. The maximum atomic E-state index is 12.9. The molecule has 2 aromatic carbocycles. The first-order valence-electron chi connectivity index (χ1n) is 14.3. The molecule has 0 aromatic heterocycles. The molecule has 0 bridgehead atoms. The number of amides is 1. The van der Waals surface area contributed by atoms with E-state index < -0.39 is 15.6 Å². The van der Waals surface area contributed by atoms with Gasteiger partial charge in [0.2, 0.25) is 10.0 Å². The number of hydrogen-bond acceptors (Lipinski definition) is 7. The summed E-state index contributed by atoms with van der Waals surface area (Å²) in [6, 6.07) is 13.0. The number of ether oxygens (including phenoxy) is 3. The van der Waals surface area contributed by atoms with Crippen molar-refractivity contribution in [2.75, 3.05) is 37.2 Å². The molecule has 3 heterocycles. The van der Waals surface area contributed by atoms with Crippen LogP contribution in [0.15, 0.2) is 48.5 Å². The predicted octanol–water partition coefficient (Wildman–Crippen LogP) is 4.70. The Bertz CT molecular complexity index is 1420. The highest BCUT2D eigenvalue weighted by molar-refractivity contribution is 7.92. The van der Waals surface area contributed by atoms with Crippen LogP contribution in [0.3, 0.4) is 0 Å². The summed E-state index contributed by atoms with van der Waals surface area (Å²) in [7, 11) is -3.45. The van der Waals surface area contributed by atoms with E-state index in [1.54, 1.807) is 11.0 Å². The highest BCUT2D eigenvalue weighted by Crippen LogP contribution is 2.45. The summed E-state index contributed by atoms with van der Waals surface area (Å²) in [5.74, 6) is 0.706. The topological polar surface area (TPSA) is 101 Å². The number of nitrogens with zero attached hydrogens (tertiary/aromatic N) is 2. The Hall–Kier alpha value is -2.92. The number of anilines is 1. The minimum Gasteiger partial charge on any atom is -0.482 e. The van der Waals surface area contributed by atoms with Crippen molar-refractivity contribution < 1.29 is 27.4 Å². The van der Waals surface area contributed by atoms with Crippen LogP contribution in [0.1, 0.15) is 68.9 Å². The fraction of sp³-hybridized carbons (Fsp3) is 0.516. The molecule has 222 valence electrons. The lowest BCUT2D eigenvalue weighted by Gasteiger charge is -2.43. The van der Waals surface area contributed by atoms with Gasteiger partial charge in [-0.25, -0.2) is 8.42 Å². The van der Waals surface area contributed by atoms with Crippen LogP contribution in [0.25, 0.3) is 5.57 Å². The van der Waals surface area contributed by atoms with Gasteiger partial charge in [-0.05, 0) is 82.2 Å². The summed E-state index contributed by atoms with van der Waals surface area (Å²) in [5, 5.41) is 0. The van der Waals surface area contributed by atoms with Crippen LogP contribution in [-0.2, 0) is 19.5 Å². The van der Waals surface area contributed by atoms with Crippen molar-refractivity contribution in [1.29, 1.82) is 0 Å². The number of hydrogen-bond donors (Lipinski definition) is 1. The van der Waals surface area contributed by atoms with Crippen molar-refractivity contribution in [2.24, 2.45) is 0 Å². The molecule has 3 aliphatic rings. The number of piperidine rings is 1. The number of rotatable bonds is 8.